The summed E-state index contributed by atoms with van der Waals surface area (Å²) in [7, 11) is 1.76. The SMILES string of the molecule is CN1CCC(C(=O)NCCCCCCCC(=O)O)CC1=O. The Morgan fingerprint density at radius 2 is 1.90 bits per heavy atom. The average molecular weight is 298 g/mol. The number of carboxylic acid groups (broad SMARTS) is 1. The molecular formula is C15H26N2O4. The highest BCUT2D eigenvalue weighted by molar-refractivity contribution is 5.86. The smallest absolute Gasteiger partial charge is 0.303 e. The fourth-order valence-electron chi connectivity index (χ4n) is 2.45. The number of likely N-dealkylation sites (tertiary alicyclic amines) is 1. The molecular weight excluding hydrogens is 272 g/mol. The second-order valence-electron chi connectivity index (χ2n) is 5.71. The molecule has 0 bridgehead atoms. The number of rotatable bonds is 9. The quantitative estimate of drug-likeness (QED) is 0.630. The number of carboxylic acids is 1. The zero-order chi connectivity index (χ0) is 15.7. The van der Waals surface area contributed by atoms with Crippen LogP contribution in [0.4, 0.5) is 0 Å². The highest BCUT2D eigenvalue weighted by atomic mass is 16.4. The van der Waals surface area contributed by atoms with E-state index in [1.165, 1.54) is 0 Å². The molecule has 0 aromatic heterocycles. The lowest BCUT2D eigenvalue weighted by atomic mass is 9.95. The molecule has 0 radical (unpaired) electrons. The van der Waals surface area contributed by atoms with E-state index in [2.05, 4.69) is 5.32 Å². The Morgan fingerprint density at radius 1 is 1.24 bits per heavy atom. The number of carbonyl (C=O) groups is 3. The van der Waals surface area contributed by atoms with Crippen molar-refractivity contribution < 1.29 is 19.5 Å². The molecule has 0 spiro atoms. The van der Waals surface area contributed by atoms with Gasteiger partial charge in [-0.15, -0.1) is 0 Å². The summed E-state index contributed by atoms with van der Waals surface area (Å²) in [6, 6.07) is 0. The number of nitrogens with zero attached hydrogens (tertiary/aromatic N) is 1. The van der Waals surface area contributed by atoms with Crippen molar-refractivity contribution in [2.45, 2.75) is 51.4 Å². The van der Waals surface area contributed by atoms with Gasteiger partial charge in [-0.1, -0.05) is 19.3 Å². The van der Waals surface area contributed by atoms with Crippen LogP contribution in [0.15, 0.2) is 0 Å². The van der Waals surface area contributed by atoms with E-state index in [0.717, 1.165) is 38.5 Å². The van der Waals surface area contributed by atoms with Gasteiger partial charge in [-0.3, -0.25) is 14.4 Å². The fourth-order valence-corrected chi connectivity index (χ4v) is 2.45. The van der Waals surface area contributed by atoms with Crippen LogP contribution in [-0.2, 0) is 14.4 Å². The molecule has 2 N–H and O–H groups in total. The molecule has 1 atom stereocenters. The molecule has 1 fully saturated rings. The Morgan fingerprint density at radius 3 is 2.57 bits per heavy atom. The summed E-state index contributed by atoms with van der Waals surface area (Å²) in [5, 5.41) is 11.4. The lowest BCUT2D eigenvalue weighted by molar-refractivity contribution is -0.139. The summed E-state index contributed by atoms with van der Waals surface area (Å²) in [6.07, 6.45) is 5.83. The summed E-state index contributed by atoms with van der Waals surface area (Å²) >= 11 is 0. The van der Waals surface area contributed by atoms with Crippen molar-refractivity contribution >= 4 is 17.8 Å². The Labute approximate surface area is 125 Å². The van der Waals surface area contributed by atoms with Crippen LogP contribution >= 0.6 is 0 Å². The van der Waals surface area contributed by atoms with Crippen LogP contribution in [0.5, 0.6) is 0 Å². The summed E-state index contributed by atoms with van der Waals surface area (Å²) < 4.78 is 0. The Kier molecular flexibility index (Phi) is 7.79. The Hall–Kier alpha value is -1.59. The van der Waals surface area contributed by atoms with E-state index in [0.29, 0.717) is 19.5 Å². The van der Waals surface area contributed by atoms with Crippen LogP contribution in [0.2, 0.25) is 0 Å². The third-order valence-corrected chi connectivity index (χ3v) is 3.90. The highest BCUT2D eigenvalue weighted by Gasteiger charge is 2.28. The zero-order valence-electron chi connectivity index (χ0n) is 12.8. The van der Waals surface area contributed by atoms with Crippen molar-refractivity contribution in [1.82, 2.24) is 10.2 Å². The van der Waals surface area contributed by atoms with Crippen LogP contribution in [-0.4, -0.2) is 47.9 Å². The van der Waals surface area contributed by atoms with Crippen LogP contribution in [0.1, 0.15) is 51.4 Å². The van der Waals surface area contributed by atoms with Gasteiger partial charge in [-0.05, 0) is 19.3 Å². The molecule has 0 aromatic rings. The lowest BCUT2D eigenvalue weighted by Gasteiger charge is -2.27. The highest BCUT2D eigenvalue weighted by Crippen LogP contribution is 2.17. The molecule has 0 aliphatic carbocycles. The van der Waals surface area contributed by atoms with E-state index in [-0.39, 0.29) is 24.2 Å². The largest absolute Gasteiger partial charge is 0.481 e. The maximum Gasteiger partial charge on any atom is 0.303 e. The van der Waals surface area contributed by atoms with Crippen molar-refractivity contribution in [3.05, 3.63) is 0 Å². The topological polar surface area (TPSA) is 86.7 Å². The third kappa shape index (κ3) is 7.11. The van der Waals surface area contributed by atoms with E-state index in [9.17, 15) is 14.4 Å². The molecule has 6 heteroatoms. The second-order valence-corrected chi connectivity index (χ2v) is 5.71. The molecule has 2 amide bonds. The predicted molar refractivity (Wildman–Crippen MR) is 78.7 cm³/mol. The van der Waals surface area contributed by atoms with Crippen LogP contribution in [0.3, 0.4) is 0 Å². The standard InChI is InChI=1S/C15H26N2O4/c1-17-10-8-12(11-13(17)18)15(21)16-9-6-4-2-3-5-7-14(19)20/h12H,2-11H2,1H3,(H,16,21)(H,19,20). The maximum atomic E-state index is 11.9. The van der Waals surface area contributed by atoms with Crippen molar-refractivity contribution in [1.29, 1.82) is 0 Å². The maximum absolute atomic E-state index is 11.9. The number of aliphatic carboxylic acids is 1. The van der Waals surface area contributed by atoms with Gasteiger partial charge in [-0.25, -0.2) is 0 Å². The molecule has 21 heavy (non-hydrogen) atoms. The first kappa shape index (κ1) is 17.5. The molecule has 120 valence electrons. The number of unbranched alkanes of at least 4 members (excludes halogenated alkanes) is 4. The van der Waals surface area contributed by atoms with Gasteiger partial charge < -0.3 is 15.3 Å². The van der Waals surface area contributed by atoms with E-state index in [4.69, 9.17) is 5.11 Å². The van der Waals surface area contributed by atoms with Gasteiger partial charge in [-0.2, -0.15) is 0 Å². The average Bonchev–Trinajstić information content (AvgIpc) is 2.44. The van der Waals surface area contributed by atoms with E-state index in [1.807, 2.05) is 0 Å². The van der Waals surface area contributed by atoms with E-state index < -0.39 is 5.97 Å². The minimum Gasteiger partial charge on any atom is -0.481 e. The second kappa shape index (κ2) is 9.37. The molecule has 1 heterocycles. The van der Waals surface area contributed by atoms with E-state index in [1.54, 1.807) is 11.9 Å². The number of amides is 2. The van der Waals surface area contributed by atoms with Crippen LogP contribution in [0, 0.1) is 5.92 Å². The summed E-state index contributed by atoms with van der Waals surface area (Å²) in [6.45, 7) is 1.29. The van der Waals surface area contributed by atoms with Gasteiger partial charge >= 0.3 is 5.97 Å². The minimum absolute atomic E-state index is 0.0117. The lowest BCUT2D eigenvalue weighted by Crippen LogP contribution is -2.42. The molecule has 1 rings (SSSR count). The number of nitrogens with one attached hydrogen (secondary N) is 1. The van der Waals surface area contributed by atoms with Crippen molar-refractivity contribution in [2.24, 2.45) is 5.92 Å². The zero-order valence-corrected chi connectivity index (χ0v) is 12.8. The van der Waals surface area contributed by atoms with Crippen molar-refractivity contribution in [2.75, 3.05) is 20.1 Å². The molecule has 1 aliphatic rings. The van der Waals surface area contributed by atoms with Gasteiger partial charge in [0.25, 0.3) is 0 Å². The first-order chi connectivity index (χ1) is 10.0. The molecule has 6 nitrogen and oxygen atoms in total. The molecule has 0 aromatic carbocycles. The summed E-state index contributed by atoms with van der Waals surface area (Å²) in [5.74, 6) is -0.888. The molecule has 1 unspecified atom stereocenters. The first-order valence-corrected chi connectivity index (χ1v) is 7.74. The first-order valence-electron chi connectivity index (χ1n) is 7.74. The molecule has 1 aliphatic heterocycles. The molecule has 1 saturated heterocycles. The van der Waals surface area contributed by atoms with Gasteiger partial charge in [0.1, 0.15) is 0 Å². The third-order valence-electron chi connectivity index (χ3n) is 3.90. The predicted octanol–water partition coefficient (Wildman–Crippen LogP) is 1.40. The van der Waals surface area contributed by atoms with Crippen molar-refractivity contribution in [3.63, 3.8) is 0 Å². The number of carbonyl (C=O) groups excluding carboxylic acids is 2. The summed E-state index contributed by atoms with van der Waals surface area (Å²) in [5.41, 5.74) is 0. The minimum atomic E-state index is -0.741. The number of hydrogen-bond donors (Lipinski definition) is 2. The van der Waals surface area contributed by atoms with E-state index >= 15 is 0 Å². The van der Waals surface area contributed by atoms with Crippen LogP contribution < -0.4 is 5.32 Å². The van der Waals surface area contributed by atoms with Crippen LogP contribution in [0.25, 0.3) is 0 Å². The number of piperidine rings is 1. The summed E-state index contributed by atoms with van der Waals surface area (Å²) in [4.78, 5) is 35.4. The van der Waals surface area contributed by atoms with Gasteiger partial charge in [0.15, 0.2) is 0 Å². The molecule has 0 saturated carbocycles. The monoisotopic (exact) mass is 298 g/mol. The van der Waals surface area contributed by atoms with Gasteiger partial charge in [0.2, 0.25) is 11.8 Å². The Balaban J connectivity index is 2.01. The van der Waals surface area contributed by atoms with Crippen molar-refractivity contribution in [3.8, 4) is 0 Å². The Bertz CT molecular complexity index is 371. The number of hydrogen-bond acceptors (Lipinski definition) is 3. The fraction of sp³-hybridized carbons (Fsp3) is 0.800. The van der Waals surface area contributed by atoms with Gasteiger partial charge in [0.05, 0.1) is 0 Å². The van der Waals surface area contributed by atoms with Gasteiger partial charge in [0, 0.05) is 38.9 Å². The normalized spacial score (nSPS) is 18.6.